The zero-order chi connectivity index (χ0) is 13.4. The van der Waals surface area contributed by atoms with Crippen molar-refractivity contribution >= 4 is 23.5 Å². The van der Waals surface area contributed by atoms with Gasteiger partial charge < -0.3 is 5.11 Å². The lowest BCUT2D eigenvalue weighted by molar-refractivity contribution is -0.119. The van der Waals surface area contributed by atoms with Crippen LogP contribution < -0.4 is 4.90 Å². The van der Waals surface area contributed by atoms with E-state index < -0.39 is 17.8 Å². The minimum absolute atomic E-state index is 0.0436. The van der Waals surface area contributed by atoms with Crippen LogP contribution >= 0.6 is 0 Å². The third kappa shape index (κ3) is 1.79. The van der Waals surface area contributed by atoms with Crippen LogP contribution in [0.4, 0.5) is 5.69 Å². The number of anilines is 1. The quantitative estimate of drug-likeness (QED) is 0.800. The summed E-state index contributed by atoms with van der Waals surface area (Å²) in [7, 11) is 0. The second kappa shape index (κ2) is 4.10. The van der Waals surface area contributed by atoms with Crippen molar-refractivity contribution in [3.63, 3.8) is 0 Å². The fourth-order valence-electron chi connectivity index (χ4n) is 2.04. The van der Waals surface area contributed by atoms with Crippen LogP contribution in [0, 0.1) is 13.8 Å². The second-order valence-electron chi connectivity index (χ2n) is 4.13. The van der Waals surface area contributed by atoms with Crippen LogP contribution in [0.1, 0.15) is 21.5 Å². The molecule has 0 saturated carbocycles. The molecular formula is C13H11NO4. The second-order valence-corrected chi connectivity index (χ2v) is 4.13. The summed E-state index contributed by atoms with van der Waals surface area (Å²) in [5, 5.41) is 9.18. The fourth-order valence-corrected chi connectivity index (χ4v) is 2.04. The molecule has 1 aromatic carbocycles. The highest BCUT2D eigenvalue weighted by Gasteiger charge is 2.30. The summed E-state index contributed by atoms with van der Waals surface area (Å²) in [4.78, 5) is 35.4. The molecule has 0 radical (unpaired) electrons. The number of hydrogen-bond acceptors (Lipinski definition) is 3. The number of carboxylic acids is 1. The fraction of sp³-hybridized carbons (Fsp3) is 0.154. The van der Waals surface area contributed by atoms with E-state index >= 15 is 0 Å². The number of benzene rings is 1. The summed E-state index contributed by atoms with van der Waals surface area (Å²) in [5.74, 6) is -2.20. The van der Waals surface area contributed by atoms with E-state index in [1.54, 1.807) is 19.9 Å². The van der Waals surface area contributed by atoms with E-state index in [2.05, 4.69) is 0 Å². The van der Waals surface area contributed by atoms with Gasteiger partial charge >= 0.3 is 5.97 Å². The Morgan fingerprint density at radius 3 is 2.17 bits per heavy atom. The third-order valence-corrected chi connectivity index (χ3v) is 2.71. The van der Waals surface area contributed by atoms with E-state index in [0.29, 0.717) is 5.56 Å². The van der Waals surface area contributed by atoms with E-state index in [4.69, 9.17) is 0 Å². The Labute approximate surface area is 103 Å². The first kappa shape index (κ1) is 12.0. The van der Waals surface area contributed by atoms with Crippen LogP contribution in [0.3, 0.4) is 0 Å². The van der Waals surface area contributed by atoms with Gasteiger partial charge in [-0.2, -0.15) is 0 Å². The van der Waals surface area contributed by atoms with Gasteiger partial charge in [0.05, 0.1) is 11.3 Å². The Balaban J connectivity index is 2.67. The number of aryl methyl sites for hydroxylation is 2. The number of amides is 2. The molecule has 0 unspecified atom stereocenters. The molecule has 1 N–H and O–H groups in total. The molecule has 0 aromatic heterocycles. The van der Waals surface area contributed by atoms with Crippen molar-refractivity contribution in [1.82, 2.24) is 0 Å². The number of hydrogen-bond donors (Lipinski definition) is 1. The molecule has 1 aliphatic rings. The smallest absolute Gasteiger partial charge is 0.337 e. The van der Waals surface area contributed by atoms with Crippen molar-refractivity contribution < 1.29 is 19.5 Å². The highest BCUT2D eigenvalue weighted by Crippen LogP contribution is 2.29. The van der Waals surface area contributed by atoms with E-state index in [1.165, 1.54) is 6.07 Å². The Bertz CT molecular complexity index is 583. The average molecular weight is 245 g/mol. The third-order valence-electron chi connectivity index (χ3n) is 2.71. The molecule has 1 heterocycles. The monoisotopic (exact) mass is 245 g/mol. The number of carbonyl (C=O) groups is 3. The molecule has 0 spiro atoms. The van der Waals surface area contributed by atoms with Gasteiger partial charge in [-0.05, 0) is 31.0 Å². The van der Waals surface area contributed by atoms with Crippen LogP contribution in [-0.4, -0.2) is 22.9 Å². The minimum atomic E-state index is -1.16. The summed E-state index contributed by atoms with van der Waals surface area (Å²) in [6.45, 7) is 3.43. The molecule has 1 aliphatic heterocycles. The van der Waals surface area contributed by atoms with Crippen molar-refractivity contribution in [2.45, 2.75) is 13.8 Å². The van der Waals surface area contributed by atoms with Crippen molar-refractivity contribution in [3.05, 3.63) is 41.0 Å². The van der Waals surface area contributed by atoms with Gasteiger partial charge in [-0.1, -0.05) is 6.07 Å². The first-order valence-corrected chi connectivity index (χ1v) is 5.32. The van der Waals surface area contributed by atoms with Crippen LogP contribution in [-0.2, 0) is 9.59 Å². The summed E-state index contributed by atoms with van der Waals surface area (Å²) < 4.78 is 0. The molecule has 2 amide bonds. The molecule has 5 nitrogen and oxygen atoms in total. The Morgan fingerprint density at radius 2 is 1.67 bits per heavy atom. The SMILES string of the molecule is Cc1cc(C)c(N2C(=O)C=CC2=O)c(C(=O)O)c1. The first-order chi connectivity index (χ1) is 8.41. The van der Waals surface area contributed by atoms with Gasteiger partial charge in [-0.15, -0.1) is 0 Å². The largest absolute Gasteiger partial charge is 0.478 e. The van der Waals surface area contributed by atoms with E-state index in [1.807, 2.05) is 0 Å². The summed E-state index contributed by atoms with van der Waals surface area (Å²) in [6, 6.07) is 3.18. The van der Waals surface area contributed by atoms with Crippen molar-refractivity contribution in [3.8, 4) is 0 Å². The molecule has 0 bridgehead atoms. The number of imide groups is 1. The van der Waals surface area contributed by atoms with Gasteiger partial charge in [0, 0.05) is 12.2 Å². The average Bonchev–Trinajstić information content (AvgIpc) is 2.58. The molecule has 18 heavy (non-hydrogen) atoms. The van der Waals surface area contributed by atoms with Crippen molar-refractivity contribution in [2.75, 3.05) is 4.90 Å². The lowest BCUT2D eigenvalue weighted by atomic mass is 10.0. The number of nitrogens with zero attached hydrogens (tertiary/aromatic N) is 1. The van der Waals surface area contributed by atoms with E-state index in [0.717, 1.165) is 22.6 Å². The van der Waals surface area contributed by atoms with Crippen molar-refractivity contribution in [1.29, 1.82) is 0 Å². The molecule has 5 heteroatoms. The lowest BCUT2D eigenvalue weighted by Gasteiger charge is -2.19. The number of carbonyl (C=O) groups excluding carboxylic acids is 2. The lowest BCUT2D eigenvalue weighted by Crippen LogP contribution is -2.32. The molecule has 0 saturated heterocycles. The standard InChI is InChI=1S/C13H11NO4/c1-7-5-8(2)12(9(6-7)13(17)18)14-10(15)3-4-11(14)16/h3-6H,1-2H3,(H,17,18). The van der Waals surface area contributed by atoms with Gasteiger partial charge in [0.25, 0.3) is 11.8 Å². The van der Waals surface area contributed by atoms with Gasteiger partial charge in [0.1, 0.15) is 0 Å². The van der Waals surface area contributed by atoms with Crippen LogP contribution in [0.5, 0.6) is 0 Å². The summed E-state index contributed by atoms with van der Waals surface area (Å²) in [6.07, 6.45) is 2.26. The normalized spacial score (nSPS) is 14.4. The van der Waals surface area contributed by atoms with Gasteiger partial charge in [0.15, 0.2) is 0 Å². The van der Waals surface area contributed by atoms with Crippen LogP contribution in [0.2, 0.25) is 0 Å². The first-order valence-electron chi connectivity index (χ1n) is 5.32. The van der Waals surface area contributed by atoms with E-state index in [9.17, 15) is 19.5 Å². The van der Waals surface area contributed by atoms with Gasteiger partial charge in [0.2, 0.25) is 0 Å². The molecular weight excluding hydrogens is 234 g/mol. The van der Waals surface area contributed by atoms with Gasteiger partial charge in [-0.3, -0.25) is 9.59 Å². The molecule has 92 valence electrons. The topological polar surface area (TPSA) is 74.7 Å². The maximum atomic E-state index is 11.6. The maximum Gasteiger partial charge on any atom is 0.337 e. The predicted octanol–water partition coefficient (Wildman–Crippen LogP) is 1.43. The maximum absolute atomic E-state index is 11.6. The molecule has 0 aliphatic carbocycles. The van der Waals surface area contributed by atoms with Crippen LogP contribution in [0.15, 0.2) is 24.3 Å². The highest BCUT2D eigenvalue weighted by molar-refractivity contribution is 6.29. The van der Waals surface area contributed by atoms with Crippen molar-refractivity contribution in [2.24, 2.45) is 0 Å². The molecule has 1 aromatic rings. The van der Waals surface area contributed by atoms with Gasteiger partial charge in [-0.25, -0.2) is 9.69 Å². The molecule has 0 fully saturated rings. The number of carboxylic acid groups (broad SMARTS) is 1. The predicted molar refractivity (Wildman–Crippen MR) is 64.5 cm³/mol. The zero-order valence-electron chi connectivity index (χ0n) is 9.93. The molecule has 0 atom stereocenters. The number of aromatic carboxylic acids is 1. The Morgan fingerprint density at radius 1 is 1.11 bits per heavy atom. The Kier molecular flexibility index (Phi) is 2.74. The van der Waals surface area contributed by atoms with Crippen LogP contribution in [0.25, 0.3) is 0 Å². The zero-order valence-corrected chi connectivity index (χ0v) is 9.93. The van der Waals surface area contributed by atoms with E-state index in [-0.39, 0.29) is 11.3 Å². The molecule has 2 rings (SSSR count). The summed E-state index contributed by atoms with van der Waals surface area (Å²) >= 11 is 0. The Hall–Kier alpha value is -2.43. The summed E-state index contributed by atoms with van der Waals surface area (Å²) in [5.41, 5.74) is 1.45. The minimum Gasteiger partial charge on any atom is -0.478 e. The highest BCUT2D eigenvalue weighted by atomic mass is 16.4. The number of rotatable bonds is 2.